The summed E-state index contributed by atoms with van der Waals surface area (Å²) in [6, 6.07) is 5.91. The number of aryl methyl sites for hydroxylation is 1. The number of rotatable bonds is 2. The fourth-order valence-corrected chi connectivity index (χ4v) is 2.26. The minimum absolute atomic E-state index is 0.120. The molecule has 0 saturated heterocycles. The van der Waals surface area contributed by atoms with Gasteiger partial charge in [-0.1, -0.05) is 19.4 Å². The van der Waals surface area contributed by atoms with Crippen molar-refractivity contribution in [1.29, 1.82) is 0 Å². The van der Waals surface area contributed by atoms with Gasteiger partial charge in [0.2, 0.25) is 0 Å². The van der Waals surface area contributed by atoms with Crippen molar-refractivity contribution >= 4 is 5.69 Å². The van der Waals surface area contributed by atoms with Gasteiger partial charge >= 0.3 is 0 Å². The van der Waals surface area contributed by atoms with Crippen LogP contribution in [0.15, 0.2) is 18.2 Å². The van der Waals surface area contributed by atoms with E-state index in [0.717, 1.165) is 5.69 Å². The van der Waals surface area contributed by atoms with Gasteiger partial charge in [-0.15, -0.1) is 0 Å². The molecule has 0 radical (unpaired) electrons. The van der Waals surface area contributed by atoms with Crippen LogP contribution in [0.3, 0.4) is 0 Å². The Morgan fingerprint density at radius 2 is 2.13 bits per heavy atom. The monoisotopic (exact) mass is 207 g/mol. The van der Waals surface area contributed by atoms with Crippen LogP contribution in [0, 0.1) is 18.7 Å². The molecular weight excluding hydrogens is 189 g/mol. The molecule has 15 heavy (non-hydrogen) atoms. The Bertz CT molecular complexity index is 348. The second-order valence-corrected chi connectivity index (χ2v) is 4.62. The van der Waals surface area contributed by atoms with Crippen molar-refractivity contribution in [3.63, 3.8) is 0 Å². The number of benzene rings is 1. The maximum Gasteiger partial charge on any atom is 0.128 e. The number of nitrogens with one attached hydrogen (secondary N) is 1. The van der Waals surface area contributed by atoms with Crippen molar-refractivity contribution in [2.24, 2.45) is 5.92 Å². The van der Waals surface area contributed by atoms with E-state index in [9.17, 15) is 4.39 Å². The topological polar surface area (TPSA) is 12.0 Å². The highest BCUT2D eigenvalue weighted by molar-refractivity contribution is 5.46. The quantitative estimate of drug-likeness (QED) is 0.779. The Morgan fingerprint density at radius 1 is 1.33 bits per heavy atom. The van der Waals surface area contributed by atoms with Crippen LogP contribution in [0.1, 0.15) is 31.7 Å². The van der Waals surface area contributed by atoms with Crippen molar-refractivity contribution < 1.29 is 4.39 Å². The van der Waals surface area contributed by atoms with Gasteiger partial charge in [-0.2, -0.15) is 0 Å². The summed E-state index contributed by atoms with van der Waals surface area (Å²) in [5.41, 5.74) is 1.62. The van der Waals surface area contributed by atoms with Crippen molar-refractivity contribution in [3.05, 3.63) is 29.6 Å². The van der Waals surface area contributed by atoms with Crippen LogP contribution in [0.5, 0.6) is 0 Å². The zero-order valence-corrected chi connectivity index (χ0v) is 9.39. The fraction of sp³-hybridized carbons (Fsp3) is 0.538. The molecule has 0 spiro atoms. The molecule has 0 amide bonds. The molecule has 0 bridgehead atoms. The van der Waals surface area contributed by atoms with Gasteiger partial charge in [0.15, 0.2) is 0 Å². The van der Waals surface area contributed by atoms with E-state index in [1.54, 1.807) is 13.0 Å². The highest BCUT2D eigenvalue weighted by Gasteiger charge is 2.22. The molecule has 1 fully saturated rings. The summed E-state index contributed by atoms with van der Waals surface area (Å²) in [6.07, 6.45) is 3.77. The summed E-state index contributed by atoms with van der Waals surface area (Å²) in [5.74, 6) is 0.583. The van der Waals surface area contributed by atoms with E-state index in [4.69, 9.17) is 0 Å². The van der Waals surface area contributed by atoms with Crippen LogP contribution < -0.4 is 5.32 Å². The number of anilines is 1. The van der Waals surface area contributed by atoms with E-state index in [1.165, 1.54) is 19.3 Å². The third kappa shape index (κ3) is 2.31. The lowest BCUT2D eigenvalue weighted by atomic mass is 10.1. The Labute approximate surface area is 90.7 Å². The standard InChI is InChI=1S/C13H18FN/c1-9-6-7-11(8-12(9)14)15-13-5-3-4-10(13)2/h6-8,10,13,15H,3-5H2,1-2H3. The number of hydrogen-bond acceptors (Lipinski definition) is 1. The van der Waals surface area contributed by atoms with E-state index >= 15 is 0 Å². The van der Waals surface area contributed by atoms with E-state index in [2.05, 4.69) is 12.2 Å². The molecule has 2 rings (SSSR count). The van der Waals surface area contributed by atoms with Crippen LogP contribution in [0.25, 0.3) is 0 Å². The van der Waals surface area contributed by atoms with Gasteiger partial charge in [-0.25, -0.2) is 4.39 Å². The summed E-state index contributed by atoms with van der Waals surface area (Å²) in [6.45, 7) is 4.05. The molecule has 0 aromatic heterocycles. The zero-order valence-electron chi connectivity index (χ0n) is 9.39. The molecule has 82 valence electrons. The van der Waals surface area contributed by atoms with Gasteiger partial charge in [0.05, 0.1) is 0 Å². The van der Waals surface area contributed by atoms with Gasteiger partial charge in [0.25, 0.3) is 0 Å². The first-order valence-corrected chi connectivity index (χ1v) is 5.69. The maximum atomic E-state index is 13.3. The first-order chi connectivity index (χ1) is 7.16. The lowest BCUT2D eigenvalue weighted by Gasteiger charge is -2.18. The smallest absolute Gasteiger partial charge is 0.128 e. The Hall–Kier alpha value is -1.05. The lowest BCUT2D eigenvalue weighted by Crippen LogP contribution is -2.21. The summed E-state index contributed by atoms with van der Waals surface area (Å²) in [4.78, 5) is 0. The van der Waals surface area contributed by atoms with Gasteiger partial charge in [-0.3, -0.25) is 0 Å². The molecular formula is C13H18FN. The van der Waals surface area contributed by atoms with Crippen LogP contribution in [-0.4, -0.2) is 6.04 Å². The summed E-state index contributed by atoms with van der Waals surface area (Å²) in [7, 11) is 0. The second kappa shape index (κ2) is 4.21. The molecule has 0 aliphatic heterocycles. The molecule has 1 aliphatic rings. The lowest BCUT2D eigenvalue weighted by molar-refractivity contribution is 0.555. The second-order valence-electron chi connectivity index (χ2n) is 4.62. The van der Waals surface area contributed by atoms with Gasteiger partial charge in [-0.05, 0) is 43.4 Å². The number of halogens is 1. The average molecular weight is 207 g/mol. The molecule has 1 saturated carbocycles. The molecule has 1 nitrogen and oxygen atoms in total. The van der Waals surface area contributed by atoms with Crippen LogP contribution in [-0.2, 0) is 0 Å². The normalized spacial score (nSPS) is 25.5. The maximum absolute atomic E-state index is 13.3. The number of hydrogen-bond donors (Lipinski definition) is 1. The molecule has 1 N–H and O–H groups in total. The molecule has 0 heterocycles. The Kier molecular flexibility index (Phi) is 2.94. The van der Waals surface area contributed by atoms with E-state index < -0.39 is 0 Å². The van der Waals surface area contributed by atoms with Crippen molar-refractivity contribution in [2.45, 2.75) is 39.2 Å². The van der Waals surface area contributed by atoms with Gasteiger partial charge in [0, 0.05) is 11.7 Å². The highest BCUT2D eigenvalue weighted by atomic mass is 19.1. The first kappa shape index (κ1) is 10.5. The SMILES string of the molecule is Cc1ccc(NC2CCCC2C)cc1F. The molecule has 2 heteroatoms. The van der Waals surface area contributed by atoms with Crippen molar-refractivity contribution in [2.75, 3.05) is 5.32 Å². The van der Waals surface area contributed by atoms with Crippen LogP contribution in [0.2, 0.25) is 0 Å². The predicted molar refractivity (Wildman–Crippen MR) is 61.6 cm³/mol. The van der Waals surface area contributed by atoms with E-state index in [-0.39, 0.29) is 5.82 Å². The van der Waals surface area contributed by atoms with Gasteiger partial charge < -0.3 is 5.32 Å². The summed E-state index contributed by atoms with van der Waals surface area (Å²) >= 11 is 0. The van der Waals surface area contributed by atoms with Crippen LogP contribution >= 0.6 is 0 Å². The van der Waals surface area contributed by atoms with Crippen molar-refractivity contribution in [3.8, 4) is 0 Å². The molecule has 2 atom stereocenters. The predicted octanol–water partition coefficient (Wildman–Crippen LogP) is 3.73. The molecule has 1 aromatic carbocycles. The molecule has 1 aliphatic carbocycles. The zero-order chi connectivity index (χ0) is 10.8. The minimum atomic E-state index is -0.120. The van der Waals surface area contributed by atoms with Crippen molar-refractivity contribution in [1.82, 2.24) is 0 Å². The molecule has 1 aromatic rings. The third-order valence-electron chi connectivity index (χ3n) is 3.39. The Balaban J connectivity index is 2.07. The van der Waals surface area contributed by atoms with Gasteiger partial charge in [0.1, 0.15) is 5.82 Å². The van der Waals surface area contributed by atoms with E-state index in [1.807, 2.05) is 12.1 Å². The highest BCUT2D eigenvalue weighted by Crippen LogP contribution is 2.28. The minimum Gasteiger partial charge on any atom is -0.382 e. The van der Waals surface area contributed by atoms with Crippen LogP contribution in [0.4, 0.5) is 10.1 Å². The third-order valence-corrected chi connectivity index (χ3v) is 3.39. The average Bonchev–Trinajstić information content (AvgIpc) is 2.59. The Morgan fingerprint density at radius 3 is 2.73 bits per heavy atom. The summed E-state index contributed by atoms with van der Waals surface area (Å²) < 4.78 is 13.3. The largest absolute Gasteiger partial charge is 0.382 e. The summed E-state index contributed by atoms with van der Waals surface area (Å²) in [5, 5.41) is 3.42. The molecule has 2 unspecified atom stereocenters. The fourth-order valence-electron chi connectivity index (χ4n) is 2.26. The first-order valence-electron chi connectivity index (χ1n) is 5.69. The van der Waals surface area contributed by atoms with E-state index in [0.29, 0.717) is 17.5 Å².